The summed E-state index contributed by atoms with van der Waals surface area (Å²) in [5.41, 5.74) is -3.59. The van der Waals surface area contributed by atoms with Crippen molar-refractivity contribution >= 4 is 36.1 Å². The average molecular weight is 727 g/mol. The fourth-order valence-electron chi connectivity index (χ4n) is 5.78. The second kappa shape index (κ2) is 13.8. The van der Waals surface area contributed by atoms with E-state index in [-0.39, 0.29) is 58.4 Å². The molecule has 3 heterocycles. The number of carbonyl (C=O) groups is 1. The fraction of sp³-hybridized carbons (Fsp3) is 0.457. The van der Waals surface area contributed by atoms with Crippen LogP contribution in [0, 0.1) is 25.2 Å². The van der Waals surface area contributed by atoms with E-state index in [4.69, 9.17) is 23.4 Å². The van der Waals surface area contributed by atoms with Crippen LogP contribution in [0.1, 0.15) is 55.1 Å². The largest absolute Gasteiger partial charge is 0.496 e. The molecule has 0 fully saturated rings. The molecule has 0 radical (unpaired) electrons. The molecule has 0 aliphatic carbocycles. The van der Waals surface area contributed by atoms with Gasteiger partial charge in [-0.25, -0.2) is 9.78 Å². The number of nitriles is 1. The Balaban J connectivity index is 1.88. The lowest BCUT2D eigenvalue weighted by Gasteiger charge is -2.37. The lowest BCUT2D eigenvalue weighted by Crippen LogP contribution is -2.48. The standard InChI is InChI=1S/C35H41F3N6O6Si/c1-21-16-27(46-6)29(24-12-13-43(30(21)24)32(45)50-33(3,4)5)34(35(36,37)38,48-19-28-42-41-22(2)49-28)31-40-25-11-10-23(18-39)17-26(25)44(31)20-47-14-15-51(7,8)9/h10-13,16-17H,14-15,19-20H2,1-9H3. The second-order valence-electron chi connectivity index (χ2n) is 14.4. The third-order valence-corrected chi connectivity index (χ3v) is 9.78. The molecular weight excluding hydrogens is 686 g/mol. The number of rotatable bonds is 11. The van der Waals surface area contributed by atoms with E-state index >= 15 is 13.2 Å². The summed E-state index contributed by atoms with van der Waals surface area (Å²) in [7, 11) is -0.328. The molecule has 5 aromatic rings. The maximum atomic E-state index is 16.5. The number of benzene rings is 2. The summed E-state index contributed by atoms with van der Waals surface area (Å²) >= 11 is 0. The van der Waals surface area contributed by atoms with Gasteiger partial charge in [-0.1, -0.05) is 19.6 Å². The number of aryl methyl sites for hydroxylation is 2. The highest BCUT2D eigenvalue weighted by atomic mass is 28.3. The first-order valence-corrected chi connectivity index (χ1v) is 19.9. The van der Waals surface area contributed by atoms with E-state index in [0.29, 0.717) is 5.56 Å². The maximum absolute atomic E-state index is 16.5. The van der Waals surface area contributed by atoms with Crippen LogP contribution in [0.2, 0.25) is 25.7 Å². The first-order chi connectivity index (χ1) is 23.8. The molecule has 51 heavy (non-hydrogen) atoms. The Morgan fingerprint density at radius 2 is 1.80 bits per heavy atom. The molecule has 3 aromatic heterocycles. The maximum Gasteiger partial charge on any atom is 0.429 e. The summed E-state index contributed by atoms with van der Waals surface area (Å²) in [6.07, 6.45) is -4.69. The first kappa shape index (κ1) is 37.5. The van der Waals surface area contributed by atoms with Crippen molar-refractivity contribution in [3.05, 3.63) is 70.8 Å². The highest BCUT2D eigenvalue weighted by molar-refractivity contribution is 6.76. The van der Waals surface area contributed by atoms with Gasteiger partial charge in [-0.05, 0) is 69.6 Å². The Labute approximate surface area is 294 Å². The van der Waals surface area contributed by atoms with Crippen LogP contribution in [0.4, 0.5) is 18.0 Å². The third kappa shape index (κ3) is 7.51. The minimum absolute atomic E-state index is 0.00675. The molecule has 272 valence electrons. The van der Waals surface area contributed by atoms with Gasteiger partial charge in [0.25, 0.3) is 5.60 Å². The minimum Gasteiger partial charge on any atom is -0.496 e. The lowest BCUT2D eigenvalue weighted by atomic mass is 9.86. The van der Waals surface area contributed by atoms with Crippen molar-refractivity contribution in [2.45, 2.75) is 91.0 Å². The van der Waals surface area contributed by atoms with Crippen LogP contribution in [0.15, 0.2) is 40.9 Å². The molecule has 0 aliphatic heterocycles. The van der Waals surface area contributed by atoms with Crippen molar-refractivity contribution in [1.29, 1.82) is 5.26 Å². The molecule has 0 aliphatic rings. The molecule has 16 heteroatoms. The number of halogens is 3. The predicted molar refractivity (Wildman–Crippen MR) is 184 cm³/mol. The number of aromatic nitrogens is 5. The molecule has 0 amide bonds. The van der Waals surface area contributed by atoms with Crippen LogP contribution in [-0.2, 0) is 33.1 Å². The first-order valence-electron chi connectivity index (χ1n) is 16.2. The Morgan fingerprint density at radius 1 is 1.08 bits per heavy atom. The number of imidazole rings is 1. The van der Waals surface area contributed by atoms with Crippen LogP contribution in [-0.4, -0.2) is 64.0 Å². The number of ether oxygens (including phenoxy) is 4. The zero-order valence-corrected chi connectivity index (χ0v) is 31.1. The molecule has 5 rings (SSSR count). The summed E-state index contributed by atoms with van der Waals surface area (Å²) in [6.45, 7) is 13.9. The highest BCUT2D eigenvalue weighted by Crippen LogP contribution is 2.54. The zero-order valence-electron chi connectivity index (χ0n) is 30.1. The molecule has 0 saturated heterocycles. The van der Waals surface area contributed by atoms with Gasteiger partial charge >= 0.3 is 12.3 Å². The van der Waals surface area contributed by atoms with E-state index in [1.165, 1.54) is 55.1 Å². The monoisotopic (exact) mass is 726 g/mol. The molecule has 1 unspecified atom stereocenters. The molecular formula is C35H41F3N6O6Si. The van der Waals surface area contributed by atoms with Crippen molar-refractivity contribution in [3.8, 4) is 11.8 Å². The number of hydrogen-bond acceptors (Lipinski definition) is 10. The summed E-state index contributed by atoms with van der Waals surface area (Å²) in [5, 5.41) is 17.3. The SMILES string of the molecule is COc1cc(C)c2c(ccn2C(=O)OC(C)(C)C)c1C(OCc1nnc(C)o1)(c1nc2ccc(C#N)cc2n1COCC[Si](C)(C)C)C(F)(F)F. The van der Waals surface area contributed by atoms with Crippen molar-refractivity contribution in [2.75, 3.05) is 13.7 Å². The fourth-order valence-corrected chi connectivity index (χ4v) is 6.54. The number of fused-ring (bicyclic) bond motifs is 2. The summed E-state index contributed by atoms with van der Waals surface area (Å²) < 4.78 is 80.8. The van der Waals surface area contributed by atoms with Crippen LogP contribution in [0.5, 0.6) is 5.75 Å². The van der Waals surface area contributed by atoms with Crippen molar-refractivity contribution < 1.29 is 41.3 Å². The molecule has 2 aromatic carbocycles. The molecule has 1 atom stereocenters. The van der Waals surface area contributed by atoms with Gasteiger partial charge in [-0.3, -0.25) is 4.57 Å². The molecule has 0 N–H and O–H groups in total. The highest BCUT2D eigenvalue weighted by Gasteiger charge is 2.64. The smallest absolute Gasteiger partial charge is 0.429 e. The van der Waals surface area contributed by atoms with Gasteiger partial charge in [-0.15, -0.1) is 10.2 Å². The van der Waals surface area contributed by atoms with Crippen LogP contribution < -0.4 is 4.74 Å². The van der Waals surface area contributed by atoms with Gasteiger partial charge in [0, 0.05) is 33.2 Å². The molecule has 12 nitrogen and oxygen atoms in total. The van der Waals surface area contributed by atoms with E-state index in [0.717, 1.165) is 10.6 Å². The molecule has 0 bridgehead atoms. The van der Waals surface area contributed by atoms with E-state index in [9.17, 15) is 10.1 Å². The Bertz CT molecular complexity index is 2120. The molecule has 0 spiro atoms. The van der Waals surface area contributed by atoms with Crippen molar-refractivity contribution in [2.24, 2.45) is 0 Å². The molecule has 0 saturated carbocycles. The number of carbonyl (C=O) groups excluding carboxylic acids is 1. The van der Waals surface area contributed by atoms with E-state index in [1.54, 1.807) is 27.7 Å². The normalized spacial score (nSPS) is 13.8. The summed E-state index contributed by atoms with van der Waals surface area (Å²) in [6, 6.07) is 9.99. The van der Waals surface area contributed by atoms with Crippen molar-refractivity contribution in [1.82, 2.24) is 24.3 Å². The lowest BCUT2D eigenvalue weighted by molar-refractivity contribution is -0.276. The van der Waals surface area contributed by atoms with Crippen LogP contribution in [0.3, 0.4) is 0 Å². The quantitative estimate of drug-likeness (QED) is 0.0972. The van der Waals surface area contributed by atoms with Crippen molar-refractivity contribution in [3.63, 3.8) is 0 Å². The Kier molecular flexibility index (Phi) is 10.1. The van der Waals surface area contributed by atoms with Gasteiger partial charge in [-0.2, -0.15) is 18.4 Å². The number of nitrogens with zero attached hydrogens (tertiary/aromatic N) is 6. The summed E-state index contributed by atoms with van der Waals surface area (Å²) in [4.78, 5) is 18.0. The van der Waals surface area contributed by atoms with Crippen LogP contribution in [0.25, 0.3) is 21.9 Å². The van der Waals surface area contributed by atoms with Crippen LogP contribution >= 0.6 is 0 Å². The van der Waals surface area contributed by atoms with E-state index in [1.807, 2.05) is 6.07 Å². The van der Waals surface area contributed by atoms with Gasteiger partial charge in [0.05, 0.1) is 40.9 Å². The number of methoxy groups -OCH3 is 1. The second-order valence-corrected chi connectivity index (χ2v) is 20.0. The number of hydrogen-bond donors (Lipinski definition) is 0. The van der Waals surface area contributed by atoms with Gasteiger partial charge in [0.15, 0.2) is 5.82 Å². The van der Waals surface area contributed by atoms with E-state index in [2.05, 4.69) is 34.8 Å². The van der Waals surface area contributed by atoms with Gasteiger partial charge in [0.2, 0.25) is 11.8 Å². The third-order valence-electron chi connectivity index (χ3n) is 8.07. The number of alkyl halides is 3. The topological polar surface area (TPSA) is 139 Å². The van der Waals surface area contributed by atoms with Gasteiger partial charge in [0.1, 0.15) is 24.7 Å². The van der Waals surface area contributed by atoms with Gasteiger partial charge < -0.3 is 27.9 Å². The Hall–Kier alpha value is -4.72. The predicted octanol–water partition coefficient (Wildman–Crippen LogP) is 7.99. The van der Waals surface area contributed by atoms with E-state index < -0.39 is 49.5 Å². The Morgan fingerprint density at radius 3 is 2.39 bits per heavy atom. The summed E-state index contributed by atoms with van der Waals surface area (Å²) in [5.74, 6) is -0.867. The minimum atomic E-state index is -5.25. The average Bonchev–Trinajstić information content (AvgIpc) is 3.75. The zero-order chi connectivity index (χ0) is 37.5.